The van der Waals surface area contributed by atoms with E-state index in [2.05, 4.69) is 5.32 Å². The second-order valence-corrected chi connectivity index (χ2v) is 2.70. The summed E-state index contributed by atoms with van der Waals surface area (Å²) in [5, 5.41) is 13.0. The molecular formula is C7H6ClFN2O2. The Morgan fingerprint density at radius 2 is 2.23 bits per heavy atom. The van der Waals surface area contributed by atoms with E-state index in [0.29, 0.717) is 0 Å². The number of nitrogens with zero attached hydrogens (tertiary/aromatic N) is 1. The minimum atomic E-state index is -0.726. The van der Waals surface area contributed by atoms with Crippen LogP contribution in [0, 0.1) is 15.9 Å². The molecular weight excluding hydrogens is 199 g/mol. The van der Waals surface area contributed by atoms with Crippen molar-refractivity contribution >= 4 is 23.0 Å². The Hall–Kier alpha value is -1.36. The van der Waals surface area contributed by atoms with Gasteiger partial charge in [-0.1, -0.05) is 11.6 Å². The van der Waals surface area contributed by atoms with E-state index in [4.69, 9.17) is 11.6 Å². The summed E-state index contributed by atoms with van der Waals surface area (Å²) in [6, 6.07) is 1.83. The summed E-state index contributed by atoms with van der Waals surface area (Å²) in [6.45, 7) is 0. The summed E-state index contributed by atoms with van der Waals surface area (Å²) in [7, 11) is 1.48. The van der Waals surface area contributed by atoms with Gasteiger partial charge in [0.2, 0.25) is 0 Å². The number of benzene rings is 1. The third-order valence-corrected chi connectivity index (χ3v) is 1.78. The van der Waals surface area contributed by atoms with Crippen LogP contribution < -0.4 is 5.32 Å². The van der Waals surface area contributed by atoms with Crippen LogP contribution in [0.4, 0.5) is 15.8 Å². The topological polar surface area (TPSA) is 55.2 Å². The van der Waals surface area contributed by atoms with E-state index in [9.17, 15) is 14.5 Å². The van der Waals surface area contributed by atoms with Crippen LogP contribution >= 0.6 is 11.6 Å². The lowest BCUT2D eigenvalue weighted by atomic mass is 10.2. The molecule has 0 atom stereocenters. The fourth-order valence-electron chi connectivity index (χ4n) is 0.951. The Bertz CT molecular complexity index is 357. The van der Waals surface area contributed by atoms with Gasteiger partial charge in [-0.3, -0.25) is 10.1 Å². The Kier molecular flexibility index (Phi) is 2.67. The van der Waals surface area contributed by atoms with Gasteiger partial charge in [-0.25, -0.2) is 4.39 Å². The Labute approximate surface area is 78.5 Å². The van der Waals surface area contributed by atoms with Gasteiger partial charge in [0.25, 0.3) is 5.69 Å². The van der Waals surface area contributed by atoms with Crippen LogP contribution in [0.2, 0.25) is 5.02 Å². The molecule has 0 saturated heterocycles. The molecule has 1 aromatic carbocycles. The lowest BCUT2D eigenvalue weighted by Gasteiger charge is -2.03. The van der Waals surface area contributed by atoms with Gasteiger partial charge in [-0.2, -0.15) is 0 Å². The number of anilines is 1. The van der Waals surface area contributed by atoms with Crippen LogP contribution in [0.15, 0.2) is 12.1 Å². The zero-order valence-electron chi connectivity index (χ0n) is 6.67. The number of halogens is 2. The van der Waals surface area contributed by atoms with Gasteiger partial charge in [0.05, 0.1) is 16.0 Å². The molecule has 0 aliphatic rings. The minimum Gasteiger partial charge on any atom is -0.381 e. The molecule has 0 spiro atoms. The van der Waals surface area contributed by atoms with Gasteiger partial charge < -0.3 is 5.32 Å². The lowest BCUT2D eigenvalue weighted by molar-refractivity contribution is -0.384. The maximum atomic E-state index is 12.7. The van der Waals surface area contributed by atoms with Crippen molar-refractivity contribution in [3.8, 4) is 0 Å². The summed E-state index contributed by atoms with van der Waals surface area (Å²) in [5.41, 5.74) is -0.249. The van der Waals surface area contributed by atoms with Crippen LogP contribution in [-0.4, -0.2) is 12.0 Å². The van der Waals surface area contributed by atoms with Crippen molar-refractivity contribution < 1.29 is 9.31 Å². The van der Waals surface area contributed by atoms with Gasteiger partial charge in [0, 0.05) is 7.05 Å². The van der Waals surface area contributed by atoms with E-state index in [1.54, 1.807) is 0 Å². The van der Waals surface area contributed by atoms with Gasteiger partial charge in [-0.15, -0.1) is 0 Å². The molecule has 0 bridgehead atoms. The highest BCUT2D eigenvalue weighted by Crippen LogP contribution is 2.32. The van der Waals surface area contributed by atoms with Crippen LogP contribution in [0.3, 0.4) is 0 Å². The van der Waals surface area contributed by atoms with Crippen LogP contribution in [0.5, 0.6) is 0 Å². The first-order chi connectivity index (χ1) is 6.06. The summed E-state index contributed by atoms with van der Waals surface area (Å²) >= 11 is 5.57. The molecule has 0 saturated carbocycles. The molecule has 4 nitrogen and oxygen atoms in total. The van der Waals surface area contributed by atoms with Crippen molar-refractivity contribution in [3.05, 3.63) is 33.1 Å². The maximum absolute atomic E-state index is 12.7. The molecule has 1 rings (SSSR count). The molecule has 0 aliphatic heterocycles. The fraction of sp³-hybridized carbons (Fsp3) is 0.143. The van der Waals surface area contributed by atoms with Crippen molar-refractivity contribution in [1.82, 2.24) is 0 Å². The van der Waals surface area contributed by atoms with Crippen molar-refractivity contribution in [2.24, 2.45) is 0 Å². The molecule has 0 heterocycles. The standard InChI is InChI=1S/C7H6ClFN2O2/c1-10-7-5(8)2-4(9)3-6(7)11(12)13/h2-3,10H,1H3. The SMILES string of the molecule is CNc1c(Cl)cc(F)cc1[N+](=O)[O-]. The third-order valence-electron chi connectivity index (χ3n) is 1.48. The first kappa shape index (κ1) is 9.73. The van der Waals surface area contributed by atoms with E-state index < -0.39 is 10.7 Å². The predicted octanol–water partition coefficient (Wildman–Crippen LogP) is 2.43. The van der Waals surface area contributed by atoms with E-state index >= 15 is 0 Å². The Balaban J connectivity index is 3.38. The zero-order valence-corrected chi connectivity index (χ0v) is 7.43. The van der Waals surface area contributed by atoms with E-state index in [1.165, 1.54) is 7.05 Å². The quantitative estimate of drug-likeness (QED) is 0.595. The second-order valence-electron chi connectivity index (χ2n) is 2.29. The van der Waals surface area contributed by atoms with Gasteiger partial charge in [0.15, 0.2) is 0 Å². The fourth-order valence-corrected chi connectivity index (χ4v) is 1.25. The summed E-state index contributed by atoms with van der Waals surface area (Å²) in [4.78, 5) is 9.73. The van der Waals surface area contributed by atoms with E-state index in [-0.39, 0.29) is 16.4 Å². The van der Waals surface area contributed by atoms with Crippen LogP contribution in [0.1, 0.15) is 0 Å². The van der Waals surface area contributed by atoms with Crippen LogP contribution in [-0.2, 0) is 0 Å². The normalized spacial score (nSPS) is 9.77. The Morgan fingerprint density at radius 1 is 1.62 bits per heavy atom. The molecule has 0 radical (unpaired) electrons. The predicted molar refractivity (Wildman–Crippen MR) is 47.6 cm³/mol. The maximum Gasteiger partial charge on any atom is 0.296 e. The number of hydrogen-bond acceptors (Lipinski definition) is 3. The molecule has 1 N–H and O–H groups in total. The largest absolute Gasteiger partial charge is 0.381 e. The highest BCUT2D eigenvalue weighted by molar-refractivity contribution is 6.33. The lowest BCUT2D eigenvalue weighted by Crippen LogP contribution is -1.98. The molecule has 13 heavy (non-hydrogen) atoms. The number of nitrogens with one attached hydrogen (secondary N) is 1. The van der Waals surface area contributed by atoms with Gasteiger partial charge in [-0.05, 0) is 6.07 Å². The third kappa shape index (κ3) is 1.86. The highest BCUT2D eigenvalue weighted by atomic mass is 35.5. The average molecular weight is 205 g/mol. The van der Waals surface area contributed by atoms with Gasteiger partial charge >= 0.3 is 0 Å². The molecule has 0 aliphatic carbocycles. The number of hydrogen-bond donors (Lipinski definition) is 1. The molecule has 0 amide bonds. The summed E-state index contributed by atoms with van der Waals surface area (Å²) in [6.07, 6.45) is 0. The molecule has 0 fully saturated rings. The number of nitro benzene ring substituents is 1. The molecule has 6 heteroatoms. The second kappa shape index (κ2) is 3.57. The molecule has 1 aromatic rings. The molecule has 0 unspecified atom stereocenters. The minimum absolute atomic E-state index is 0.00537. The molecule has 70 valence electrons. The van der Waals surface area contributed by atoms with Crippen molar-refractivity contribution in [2.45, 2.75) is 0 Å². The Morgan fingerprint density at radius 3 is 2.69 bits per heavy atom. The number of rotatable bonds is 2. The summed E-state index contributed by atoms with van der Waals surface area (Å²) < 4.78 is 12.7. The highest BCUT2D eigenvalue weighted by Gasteiger charge is 2.17. The zero-order chi connectivity index (χ0) is 10.0. The van der Waals surface area contributed by atoms with Gasteiger partial charge in [0.1, 0.15) is 11.5 Å². The number of nitro groups is 1. The van der Waals surface area contributed by atoms with Crippen molar-refractivity contribution in [3.63, 3.8) is 0 Å². The monoisotopic (exact) mass is 204 g/mol. The van der Waals surface area contributed by atoms with Crippen molar-refractivity contribution in [1.29, 1.82) is 0 Å². The first-order valence-electron chi connectivity index (χ1n) is 3.37. The van der Waals surface area contributed by atoms with E-state index in [1.807, 2.05) is 0 Å². The molecule has 0 aromatic heterocycles. The first-order valence-corrected chi connectivity index (χ1v) is 3.75. The van der Waals surface area contributed by atoms with E-state index in [0.717, 1.165) is 12.1 Å². The smallest absolute Gasteiger partial charge is 0.296 e. The van der Waals surface area contributed by atoms with Crippen LogP contribution in [0.25, 0.3) is 0 Å². The average Bonchev–Trinajstić information content (AvgIpc) is 2.02. The summed E-state index contributed by atoms with van der Waals surface area (Å²) in [5.74, 6) is -0.726. The van der Waals surface area contributed by atoms with Crippen molar-refractivity contribution in [2.75, 3.05) is 12.4 Å².